The van der Waals surface area contributed by atoms with Crippen LogP contribution < -0.4 is 20.1 Å². The van der Waals surface area contributed by atoms with Gasteiger partial charge >= 0.3 is 0 Å². The van der Waals surface area contributed by atoms with Gasteiger partial charge in [-0.25, -0.2) is 4.39 Å². The van der Waals surface area contributed by atoms with Crippen LogP contribution in [0.2, 0.25) is 0 Å². The molecular formula is C28H21FN3O5-. The van der Waals surface area contributed by atoms with Crippen LogP contribution in [-0.2, 0) is 15.1 Å². The third kappa shape index (κ3) is 4.24. The lowest BCUT2D eigenvalue weighted by atomic mass is 9.86. The number of nitrogens with one attached hydrogen (secondary N) is 1. The lowest BCUT2D eigenvalue weighted by Crippen LogP contribution is -2.53. The molecule has 1 atom stereocenters. The Balaban J connectivity index is 1.64. The number of pyridine rings is 1. The van der Waals surface area contributed by atoms with Crippen molar-refractivity contribution in [3.05, 3.63) is 96.1 Å². The van der Waals surface area contributed by atoms with E-state index in [4.69, 9.17) is 4.74 Å². The third-order valence-corrected chi connectivity index (χ3v) is 6.45. The molecule has 0 radical (unpaired) electrons. The standard InChI is InChI=1S/C28H22FN3O5/c1-37-21-10-11-24-22(15-21)28(13-12-25(33)34,27(36)32(24)20-8-6-19(29)7-9-20)31-26(35)23-14-17-4-2-3-5-18(17)16-30-23/h2-11,14-16H,12-13H2,1H3,(H,31,35)(H,33,34)/p-1. The van der Waals surface area contributed by atoms with Gasteiger partial charge in [0.2, 0.25) is 0 Å². The average molecular weight is 498 g/mol. The number of methoxy groups -OCH3 is 1. The van der Waals surface area contributed by atoms with E-state index in [2.05, 4.69) is 10.3 Å². The van der Waals surface area contributed by atoms with Crippen LogP contribution in [0.3, 0.4) is 0 Å². The van der Waals surface area contributed by atoms with E-state index in [9.17, 15) is 23.9 Å². The minimum absolute atomic E-state index is 0.0593. The van der Waals surface area contributed by atoms with E-state index in [1.165, 1.54) is 36.3 Å². The van der Waals surface area contributed by atoms with Crippen molar-refractivity contribution in [3.8, 4) is 5.75 Å². The Hall–Kier alpha value is -4.79. The zero-order chi connectivity index (χ0) is 26.2. The fraction of sp³-hybridized carbons (Fsp3) is 0.143. The van der Waals surface area contributed by atoms with Gasteiger partial charge in [0.15, 0.2) is 0 Å². The van der Waals surface area contributed by atoms with E-state index in [0.29, 0.717) is 22.7 Å². The highest BCUT2D eigenvalue weighted by Gasteiger charge is 2.52. The van der Waals surface area contributed by atoms with Crippen LogP contribution in [0.5, 0.6) is 5.75 Å². The molecule has 186 valence electrons. The van der Waals surface area contributed by atoms with Crippen LogP contribution >= 0.6 is 0 Å². The highest BCUT2D eigenvalue weighted by molar-refractivity contribution is 6.15. The van der Waals surface area contributed by atoms with Crippen molar-refractivity contribution in [2.45, 2.75) is 18.4 Å². The number of halogens is 1. The molecule has 1 N–H and O–H groups in total. The molecule has 0 fully saturated rings. The van der Waals surface area contributed by atoms with Gasteiger partial charge in [0.1, 0.15) is 22.8 Å². The molecule has 2 heterocycles. The molecule has 0 bridgehead atoms. The number of carboxylic acids is 1. The fourth-order valence-electron chi connectivity index (χ4n) is 4.62. The minimum atomic E-state index is -1.78. The summed E-state index contributed by atoms with van der Waals surface area (Å²) in [5, 5.41) is 15.9. The summed E-state index contributed by atoms with van der Waals surface area (Å²) in [5.41, 5.74) is -0.614. The molecule has 2 amide bonds. The maximum absolute atomic E-state index is 14.1. The van der Waals surface area contributed by atoms with Crippen molar-refractivity contribution in [1.29, 1.82) is 0 Å². The van der Waals surface area contributed by atoms with Crippen molar-refractivity contribution < 1.29 is 28.6 Å². The number of rotatable bonds is 7. The van der Waals surface area contributed by atoms with Crippen molar-refractivity contribution in [3.63, 3.8) is 0 Å². The van der Waals surface area contributed by atoms with Gasteiger partial charge in [0, 0.05) is 28.8 Å². The lowest BCUT2D eigenvalue weighted by Gasteiger charge is -2.30. The summed E-state index contributed by atoms with van der Waals surface area (Å²) in [6.45, 7) is 0. The van der Waals surface area contributed by atoms with Crippen molar-refractivity contribution in [2.24, 2.45) is 0 Å². The first kappa shape index (κ1) is 23.9. The predicted molar refractivity (Wildman–Crippen MR) is 132 cm³/mol. The van der Waals surface area contributed by atoms with E-state index in [-0.39, 0.29) is 12.1 Å². The summed E-state index contributed by atoms with van der Waals surface area (Å²) in [5.74, 6) is -2.72. The Morgan fingerprint density at radius 1 is 1.05 bits per heavy atom. The number of anilines is 2. The fourth-order valence-corrected chi connectivity index (χ4v) is 4.62. The van der Waals surface area contributed by atoms with Crippen LogP contribution in [0.1, 0.15) is 28.9 Å². The number of hydrogen-bond acceptors (Lipinski definition) is 6. The Morgan fingerprint density at radius 3 is 2.49 bits per heavy atom. The molecule has 0 saturated heterocycles. The molecule has 0 spiro atoms. The number of ether oxygens (including phenoxy) is 1. The maximum atomic E-state index is 14.1. The molecule has 0 aliphatic carbocycles. The van der Waals surface area contributed by atoms with Gasteiger partial charge in [0.25, 0.3) is 11.8 Å². The van der Waals surface area contributed by atoms with Gasteiger partial charge in [-0.05, 0) is 66.8 Å². The number of nitrogens with zero attached hydrogens (tertiary/aromatic N) is 2. The number of carbonyl (C=O) groups excluding carboxylic acids is 3. The van der Waals surface area contributed by atoms with E-state index >= 15 is 0 Å². The van der Waals surface area contributed by atoms with Gasteiger partial charge in [-0.15, -0.1) is 0 Å². The Morgan fingerprint density at radius 2 is 1.78 bits per heavy atom. The Labute approximate surface area is 211 Å². The number of aromatic nitrogens is 1. The molecule has 5 rings (SSSR count). The molecule has 1 aromatic heterocycles. The van der Waals surface area contributed by atoms with Crippen molar-refractivity contribution in [1.82, 2.24) is 10.3 Å². The smallest absolute Gasteiger partial charge is 0.271 e. The number of aliphatic carboxylic acids is 1. The topological polar surface area (TPSA) is 112 Å². The van der Waals surface area contributed by atoms with Gasteiger partial charge in [0.05, 0.1) is 12.8 Å². The van der Waals surface area contributed by atoms with Crippen LogP contribution in [0, 0.1) is 5.82 Å². The quantitative estimate of drug-likeness (QED) is 0.419. The zero-order valence-electron chi connectivity index (χ0n) is 19.7. The summed E-state index contributed by atoms with van der Waals surface area (Å²) in [6, 6.07) is 19.1. The molecule has 0 saturated carbocycles. The highest BCUT2D eigenvalue weighted by Crippen LogP contribution is 2.48. The number of hydrogen-bond donors (Lipinski definition) is 1. The normalized spacial score (nSPS) is 16.5. The van der Waals surface area contributed by atoms with Gasteiger partial charge in [-0.1, -0.05) is 24.3 Å². The second-order valence-corrected chi connectivity index (χ2v) is 8.65. The van der Waals surface area contributed by atoms with E-state index in [0.717, 1.165) is 10.8 Å². The van der Waals surface area contributed by atoms with Crippen molar-refractivity contribution >= 4 is 39.9 Å². The number of carboxylic acid groups (broad SMARTS) is 1. The largest absolute Gasteiger partial charge is 0.550 e. The molecule has 3 aromatic carbocycles. The second-order valence-electron chi connectivity index (χ2n) is 8.65. The summed E-state index contributed by atoms with van der Waals surface area (Å²) < 4.78 is 19.0. The van der Waals surface area contributed by atoms with Gasteiger partial charge in [-0.2, -0.15) is 0 Å². The molecule has 1 aliphatic rings. The Kier molecular flexibility index (Phi) is 6.04. The summed E-state index contributed by atoms with van der Waals surface area (Å²) in [6.07, 6.45) is 0.757. The minimum Gasteiger partial charge on any atom is -0.550 e. The molecule has 8 nitrogen and oxygen atoms in total. The second kappa shape index (κ2) is 9.34. The number of benzene rings is 3. The zero-order valence-corrected chi connectivity index (χ0v) is 19.7. The molecule has 1 aliphatic heterocycles. The molecule has 37 heavy (non-hydrogen) atoms. The van der Waals surface area contributed by atoms with E-state index < -0.39 is 35.6 Å². The van der Waals surface area contributed by atoms with Gasteiger partial charge in [-0.3, -0.25) is 19.5 Å². The van der Waals surface area contributed by atoms with Crippen LogP contribution in [-0.4, -0.2) is 29.9 Å². The molecular weight excluding hydrogens is 477 g/mol. The Bertz CT molecular complexity index is 1540. The number of amides is 2. The first-order chi connectivity index (χ1) is 17.8. The van der Waals surface area contributed by atoms with Crippen LogP contribution in [0.15, 0.2) is 79.0 Å². The van der Waals surface area contributed by atoms with Crippen LogP contribution in [0.4, 0.5) is 15.8 Å². The summed E-state index contributed by atoms with van der Waals surface area (Å²) in [4.78, 5) is 44.7. The van der Waals surface area contributed by atoms with Gasteiger partial charge < -0.3 is 20.0 Å². The highest BCUT2D eigenvalue weighted by atomic mass is 19.1. The predicted octanol–water partition coefficient (Wildman–Crippen LogP) is 3.22. The molecule has 4 aromatic rings. The maximum Gasteiger partial charge on any atom is 0.271 e. The third-order valence-electron chi connectivity index (χ3n) is 6.45. The molecule has 1 unspecified atom stereocenters. The lowest BCUT2D eigenvalue weighted by molar-refractivity contribution is -0.306. The summed E-state index contributed by atoms with van der Waals surface area (Å²) >= 11 is 0. The van der Waals surface area contributed by atoms with Crippen LogP contribution in [0.25, 0.3) is 10.8 Å². The number of fused-ring (bicyclic) bond motifs is 2. The monoisotopic (exact) mass is 498 g/mol. The van der Waals surface area contributed by atoms with Crippen molar-refractivity contribution in [2.75, 3.05) is 12.0 Å². The first-order valence-corrected chi connectivity index (χ1v) is 11.5. The first-order valence-electron chi connectivity index (χ1n) is 11.5. The van der Waals surface area contributed by atoms with E-state index in [1.807, 2.05) is 24.3 Å². The number of carbonyl (C=O) groups is 3. The molecule has 9 heteroatoms. The SMILES string of the molecule is COc1ccc2c(c1)C(CCC(=O)[O-])(NC(=O)c1cc3ccccc3cn1)C(=O)N2c1ccc(F)cc1. The van der Waals surface area contributed by atoms with E-state index in [1.54, 1.807) is 30.5 Å². The average Bonchev–Trinajstić information content (AvgIpc) is 3.14. The summed E-state index contributed by atoms with van der Waals surface area (Å²) in [7, 11) is 1.46.